The Kier molecular flexibility index (Phi) is 2.65. The van der Waals surface area contributed by atoms with Crippen LogP contribution >= 0.6 is 0 Å². The predicted octanol–water partition coefficient (Wildman–Crippen LogP) is -1.15. The molecule has 3 N–H and O–H groups in total. The van der Waals surface area contributed by atoms with E-state index in [4.69, 9.17) is 10.5 Å². The lowest BCUT2D eigenvalue weighted by atomic mass is 10.2. The molecule has 4 nitrogen and oxygen atoms in total. The number of rotatable bonds is 2. The highest BCUT2D eigenvalue weighted by Crippen LogP contribution is 1.99. The number of amides is 1. The molecule has 0 aromatic heterocycles. The Bertz CT molecular complexity index is 121. The first-order valence-electron chi connectivity index (χ1n) is 3.39. The summed E-state index contributed by atoms with van der Waals surface area (Å²) in [6.45, 7) is 2.29. The highest BCUT2D eigenvalue weighted by atomic mass is 16.5. The van der Waals surface area contributed by atoms with Crippen molar-refractivity contribution in [3.63, 3.8) is 0 Å². The van der Waals surface area contributed by atoms with Crippen LogP contribution in [0.1, 0.15) is 6.42 Å². The fourth-order valence-electron chi connectivity index (χ4n) is 0.975. The monoisotopic (exact) mass is 144 g/mol. The Labute approximate surface area is 59.7 Å². The first-order chi connectivity index (χ1) is 4.79. The summed E-state index contributed by atoms with van der Waals surface area (Å²) in [5.74, 6) is -0.297. The van der Waals surface area contributed by atoms with Crippen molar-refractivity contribution in [2.45, 2.75) is 12.5 Å². The SMILES string of the molecule is NC(=O)C[C@@H]1CNCCO1. The van der Waals surface area contributed by atoms with Gasteiger partial charge in [0.25, 0.3) is 0 Å². The fourth-order valence-corrected chi connectivity index (χ4v) is 0.975. The second-order valence-corrected chi connectivity index (χ2v) is 2.37. The molecule has 0 spiro atoms. The average molecular weight is 144 g/mol. The second-order valence-electron chi connectivity index (χ2n) is 2.37. The Hall–Kier alpha value is -0.610. The van der Waals surface area contributed by atoms with Crippen LogP contribution in [0.2, 0.25) is 0 Å². The van der Waals surface area contributed by atoms with Crippen LogP contribution in [0.15, 0.2) is 0 Å². The lowest BCUT2D eigenvalue weighted by Gasteiger charge is -2.22. The molecule has 0 saturated carbocycles. The van der Waals surface area contributed by atoms with Crippen LogP contribution in [0.4, 0.5) is 0 Å². The molecular formula is C6H12N2O2. The van der Waals surface area contributed by atoms with Crippen LogP contribution in [-0.4, -0.2) is 31.7 Å². The molecule has 1 amide bonds. The minimum absolute atomic E-state index is 0.00810. The van der Waals surface area contributed by atoms with Gasteiger partial charge in [-0.3, -0.25) is 4.79 Å². The standard InChI is InChI=1S/C6H12N2O2/c7-6(9)3-5-4-8-1-2-10-5/h5,8H,1-4H2,(H2,7,9)/t5-/m1/s1. The van der Waals surface area contributed by atoms with Crippen LogP contribution in [0.25, 0.3) is 0 Å². The van der Waals surface area contributed by atoms with E-state index in [-0.39, 0.29) is 12.0 Å². The Morgan fingerprint density at radius 2 is 2.60 bits per heavy atom. The van der Waals surface area contributed by atoms with E-state index in [0.29, 0.717) is 13.0 Å². The van der Waals surface area contributed by atoms with Crippen LogP contribution in [0, 0.1) is 0 Å². The fraction of sp³-hybridized carbons (Fsp3) is 0.833. The zero-order valence-corrected chi connectivity index (χ0v) is 5.80. The number of nitrogens with two attached hydrogens (primary N) is 1. The predicted molar refractivity (Wildman–Crippen MR) is 36.4 cm³/mol. The van der Waals surface area contributed by atoms with E-state index in [2.05, 4.69) is 5.32 Å². The summed E-state index contributed by atoms with van der Waals surface area (Å²) in [5.41, 5.74) is 4.98. The number of morpholine rings is 1. The average Bonchev–Trinajstić information content (AvgIpc) is 1.88. The summed E-state index contributed by atoms with van der Waals surface area (Å²) in [6, 6.07) is 0. The molecule has 1 fully saturated rings. The third-order valence-corrected chi connectivity index (χ3v) is 1.43. The highest BCUT2D eigenvalue weighted by Gasteiger charge is 2.14. The summed E-state index contributed by atoms with van der Waals surface area (Å²) in [4.78, 5) is 10.4. The molecule has 4 heteroatoms. The quantitative estimate of drug-likeness (QED) is 0.514. The maximum absolute atomic E-state index is 10.4. The molecule has 0 aliphatic carbocycles. The van der Waals surface area contributed by atoms with Gasteiger partial charge < -0.3 is 15.8 Å². The van der Waals surface area contributed by atoms with E-state index in [0.717, 1.165) is 13.1 Å². The molecule has 10 heavy (non-hydrogen) atoms. The summed E-state index contributed by atoms with van der Waals surface area (Å²) in [6.07, 6.45) is 0.318. The van der Waals surface area contributed by atoms with E-state index in [1.807, 2.05) is 0 Å². The van der Waals surface area contributed by atoms with Gasteiger partial charge in [0.05, 0.1) is 19.1 Å². The number of nitrogens with one attached hydrogen (secondary N) is 1. The van der Waals surface area contributed by atoms with Crippen molar-refractivity contribution in [1.29, 1.82) is 0 Å². The van der Waals surface area contributed by atoms with E-state index < -0.39 is 0 Å². The first kappa shape index (κ1) is 7.50. The molecule has 0 bridgehead atoms. The molecule has 1 aliphatic heterocycles. The minimum Gasteiger partial charge on any atom is -0.375 e. The lowest BCUT2D eigenvalue weighted by molar-refractivity contribution is -0.121. The maximum Gasteiger partial charge on any atom is 0.220 e. The Morgan fingerprint density at radius 1 is 1.80 bits per heavy atom. The van der Waals surface area contributed by atoms with Crippen molar-refractivity contribution in [2.75, 3.05) is 19.7 Å². The molecule has 58 valence electrons. The molecule has 1 heterocycles. The molecule has 0 unspecified atom stereocenters. The van der Waals surface area contributed by atoms with Gasteiger partial charge in [0, 0.05) is 13.1 Å². The zero-order chi connectivity index (χ0) is 7.40. The van der Waals surface area contributed by atoms with Crippen LogP contribution in [0.5, 0.6) is 0 Å². The third kappa shape index (κ3) is 2.33. The molecule has 0 aromatic carbocycles. The molecule has 1 saturated heterocycles. The Morgan fingerprint density at radius 3 is 3.10 bits per heavy atom. The van der Waals surface area contributed by atoms with Gasteiger partial charge in [0.2, 0.25) is 5.91 Å². The summed E-state index contributed by atoms with van der Waals surface area (Å²) in [7, 11) is 0. The van der Waals surface area contributed by atoms with Gasteiger partial charge in [-0.15, -0.1) is 0 Å². The van der Waals surface area contributed by atoms with Gasteiger partial charge in [0.15, 0.2) is 0 Å². The van der Waals surface area contributed by atoms with Crippen LogP contribution in [0.3, 0.4) is 0 Å². The third-order valence-electron chi connectivity index (χ3n) is 1.43. The van der Waals surface area contributed by atoms with Crippen LogP contribution < -0.4 is 11.1 Å². The van der Waals surface area contributed by atoms with Gasteiger partial charge in [-0.05, 0) is 0 Å². The molecular weight excluding hydrogens is 132 g/mol. The summed E-state index contributed by atoms with van der Waals surface area (Å²) < 4.78 is 5.23. The van der Waals surface area contributed by atoms with Crippen molar-refractivity contribution in [3.8, 4) is 0 Å². The highest BCUT2D eigenvalue weighted by molar-refractivity contribution is 5.74. The van der Waals surface area contributed by atoms with Crippen molar-refractivity contribution < 1.29 is 9.53 Å². The van der Waals surface area contributed by atoms with Crippen molar-refractivity contribution in [3.05, 3.63) is 0 Å². The van der Waals surface area contributed by atoms with Gasteiger partial charge >= 0.3 is 0 Å². The number of primary amides is 1. The number of ether oxygens (including phenoxy) is 1. The van der Waals surface area contributed by atoms with Crippen LogP contribution in [-0.2, 0) is 9.53 Å². The zero-order valence-electron chi connectivity index (χ0n) is 5.80. The number of hydrogen-bond donors (Lipinski definition) is 2. The van der Waals surface area contributed by atoms with Gasteiger partial charge in [-0.2, -0.15) is 0 Å². The topological polar surface area (TPSA) is 64.4 Å². The molecule has 1 rings (SSSR count). The summed E-state index contributed by atoms with van der Waals surface area (Å²) in [5, 5.41) is 3.11. The Balaban J connectivity index is 2.19. The number of carbonyl (C=O) groups is 1. The second kappa shape index (κ2) is 3.53. The lowest BCUT2D eigenvalue weighted by Crippen LogP contribution is -2.40. The maximum atomic E-state index is 10.4. The van der Waals surface area contributed by atoms with Crippen molar-refractivity contribution >= 4 is 5.91 Å². The molecule has 0 radical (unpaired) electrons. The van der Waals surface area contributed by atoms with Crippen molar-refractivity contribution in [1.82, 2.24) is 5.32 Å². The van der Waals surface area contributed by atoms with Gasteiger partial charge in [-0.1, -0.05) is 0 Å². The smallest absolute Gasteiger partial charge is 0.220 e. The summed E-state index contributed by atoms with van der Waals surface area (Å²) >= 11 is 0. The minimum atomic E-state index is -0.297. The van der Waals surface area contributed by atoms with Gasteiger partial charge in [0.1, 0.15) is 0 Å². The van der Waals surface area contributed by atoms with E-state index in [9.17, 15) is 4.79 Å². The first-order valence-corrected chi connectivity index (χ1v) is 3.39. The van der Waals surface area contributed by atoms with E-state index in [1.54, 1.807) is 0 Å². The number of hydrogen-bond acceptors (Lipinski definition) is 3. The number of carbonyl (C=O) groups excluding carboxylic acids is 1. The normalized spacial score (nSPS) is 26.2. The van der Waals surface area contributed by atoms with Crippen molar-refractivity contribution in [2.24, 2.45) is 5.73 Å². The van der Waals surface area contributed by atoms with Gasteiger partial charge in [-0.25, -0.2) is 0 Å². The van der Waals surface area contributed by atoms with E-state index in [1.165, 1.54) is 0 Å². The molecule has 1 atom stereocenters. The van der Waals surface area contributed by atoms with E-state index >= 15 is 0 Å². The largest absolute Gasteiger partial charge is 0.375 e. The molecule has 0 aromatic rings. The molecule has 1 aliphatic rings.